The number of carbonyl (C=O) groups excluding carboxylic acids is 2. The van der Waals surface area contributed by atoms with Gasteiger partial charge in [0.2, 0.25) is 0 Å². The monoisotopic (exact) mass is 334 g/mol. The average molecular weight is 335 g/mol. The third kappa shape index (κ3) is 4.53. The zero-order chi connectivity index (χ0) is 17.0. The Morgan fingerprint density at radius 2 is 1.70 bits per heavy atom. The maximum absolute atomic E-state index is 13.1. The number of carbonyl (C=O) groups is 2. The van der Waals surface area contributed by atoms with Gasteiger partial charge in [0, 0.05) is 22.9 Å². The molecule has 0 aliphatic rings. The molecule has 120 valence electrons. The lowest BCUT2D eigenvalue weighted by Crippen LogP contribution is -2.30. The topological polar surface area (TPSA) is 58.2 Å². The number of halogens is 2. The molecule has 2 amide bonds. The molecule has 0 radical (unpaired) electrons. The lowest BCUT2D eigenvalue weighted by Gasteiger charge is -2.10. The Kier molecular flexibility index (Phi) is 5.34. The summed E-state index contributed by atoms with van der Waals surface area (Å²) in [5, 5.41) is 5.29. The first-order valence-corrected chi connectivity index (χ1v) is 7.42. The van der Waals surface area contributed by atoms with Crippen LogP contribution in [0.4, 0.5) is 10.1 Å². The van der Waals surface area contributed by atoms with Crippen molar-refractivity contribution in [2.45, 2.75) is 19.9 Å². The van der Waals surface area contributed by atoms with E-state index in [0.29, 0.717) is 16.8 Å². The van der Waals surface area contributed by atoms with Crippen molar-refractivity contribution in [1.29, 1.82) is 0 Å². The van der Waals surface area contributed by atoms with E-state index in [9.17, 15) is 14.0 Å². The van der Waals surface area contributed by atoms with Crippen molar-refractivity contribution in [3.05, 3.63) is 64.4 Å². The smallest absolute Gasteiger partial charge is 0.255 e. The fourth-order valence-electron chi connectivity index (χ4n) is 1.92. The second kappa shape index (κ2) is 7.24. The van der Waals surface area contributed by atoms with E-state index < -0.39 is 11.7 Å². The molecule has 2 N–H and O–H groups in total. The van der Waals surface area contributed by atoms with Gasteiger partial charge in [0.25, 0.3) is 11.8 Å². The summed E-state index contributed by atoms with van der Waals surface area (Å²) in [7, 11) is 0. The summed E-state index contributed by atoms with van der Waals surface area (Å²) >= 11 is 5.68. The Labute approximate surface area is 138 Å². The summed E-state index contributed by atoms with van der Waals surface area (Å²) in [4.78, 5) is 24.2. The molecular formula is C17H16ClFN2O2. The van der Waals surface area contributed by atoms with Crippen molar-refractivity contribution in [2.75, 3.05) is 5.32 Å². The number of hydrogen-bond donors (Lipinski definition) is 2. The minimum atomic E-state index is -0.558. The molecule has 0 spiro atoms. The second-order valence-corrected chi connectivity index (χ2v) is 5.70. The summed E-state index contributed by atoms with van der Waals surface area (Å²) in [6.07, 6.45) is 0. The van der Waals surface area contributed by atoms with E-state index >= 15 is 0 Å². The number of hydrogen-bond acceptors (Lipinski definition) is 2. The van der Waals surface area contributed by atoms with Gasteiger partial charge in [0.15, 0.2) is 0 Å². The van der Waals surface area contributed by atoms with Crippen molar-refractivity contribution in [2.24, 2.45) is 0 Å². The highest BCUT2D eigenvalue weighted by molar-refractivity contribution is 6.31. The van der Waals surface area contributed by atoms with Gasteiger partial charge in [-0.25, -0.2) is 4.39 Å². The van der Waals surface area contributed by atoms with Gasteiger partial charge in [-0.05, 0) is 50.2 Å². The van der Waals surface area contributed by atoms with Gasteiger partial charge in [0.05, 0.1) is 5.02 Å². The molecule has 0 fully saturated rings. The van der Waals surface area contributed by atoms with Crippen LogP contribution in [0.5, 0.6) is 0 Å². The van der Waals surface area contributed by atoms with E-state index in [2.05, 4.69) is 10.6 Å². The Bertz CT molecular complexity index is 747. The number of anilines is 1. The molecule has 0 aromatic heterocycles. The van der Waals surface area contributed by atoms with Crippen molar-refractivity contribution < 1.29 is 14.0 Å². The SMILES string of the molecule is CC(C)NC(=O)c1cccc(C(=O)Nc2ccc(F)c(Cl)c2)c1. The lowest BCUT2D eigenvalue weighted by atomic mass is 10.1. The number of rotatable bonds is 4. The van der Waals surface area contributed by atoms with E-state index in [-0.39, 0.29) is 17.0 Å². The minimum absolute atomic E-state index is 0.00124. The van der Waals surface area contributed by atoms with Crippen LogP contribution in [-0.2, 0) is 0 Å². The normalized spacial score (nSPS) is 10.5. The highest BCUT2D eigenvalue weighted by atomic mass is 35.5. The number of nitrogens with one attached hydrogen (secondary N) is 2. The first-order chi connectivity index (χ1) is 10.9. The molecule has 0 aliphatic carbocycles. The minimum Gasteiger partial charge on any atom is -0.350 e. The number of benzene rings is 2. The summed E-state index contributed by atoms with van der Waals surface area (Å²) in [5.41, 5.74) is 1.09. The first-order valence-electron chi connectivity index (χ1n) is 7.04. The van der Waals surface area contributed by atoms with E-state index in [1.807, 2.05) is 13.8 Å². The largest absolute Gasteiger partial charge is 0.350 e. The van der Waals surface area contributed by atoms with Crippen LogP contribution in [0.25, 0.3) is 0 Å². The third-order valence-corrected chi connectivity index (χ3v) is 3.27. The second-order valence-electron chi connectivity index (χ2n) is 5.29. The van der Waals surface area contributed by atoms with Gasteiger partial charge in [-0.2, -0.15) is 0 Å². The maximum Gasteiger partial charge on any atom is 0.255 e. The predicted molar refractivity (Wildman–Crippen MR) is 88.4 cm³/mol. The average Bonchev–Trinajstić information content (AvgIpc) is 2.50. The summed E-state index contributed by atoms with van der Waals surface area (Å²) in [6, 6.07) is 10.3. The first kappa shape index (κ1) is 17.0. The molecule has 0 heterocycles. The van der Waals surface area contributed by atoms with E-state index in [0.717, 1.165) is 0 Å². The van der Waals surface area contributed by atoms with E-state index in [1.165, 1.54) is 24.3 Å². The molecule has 0 unspecified atom stereocenters. The van der Waals surface area contributed by atoms with Crippen LogP contribution < -0.4 is 10.6 Å². The molecule has 0 aliphatic heterocycles. The molecule has 2 aromatic rings. The van der Waals surface area contributed by atoms with Crippen LogP contribution in [0.2, 0.25) is 5.02 Å². The van der Waals surface area contributed by atoms with Crippen LogP contribution in [0.15, 0.2) is 42.5 Å². The fourth-order valence-corrected chi connectivity index (χ4v) is 2.10. The maximum atomic E-state index is 13.1. The fraction of sp³-hybridized carbons (Fsp3) is 0.176. The molecule has 0 saturated carbocycles. The Morgan fingerprint density at radius 1 is 1.04 bits per heavy atom. The van der Waals surface area contributed by atoms with Gasteiger partial charge in [-0.15, -0.1) is 0 Å². The molecule has 6 heteroatoms. The summed E-state index contributed by atoms with van der Waals surface area (Å²) in [6.45, 7) is 3.71. The van der Waals surface area contributed by atoms with Crippen LogP contribution in [0, 0.1) is 5.82 Å². The van der Waals surface area contributed by atoms with Crippen molar-refractivity contribution >= 4 is 29.1 Å². The lowest BCUT2D eigenvalue weighted by molar-refractivity contribution is 0.0943. The zero-order valence-electron chi connectivity index (χ0n) is 12.7. The Hall–Kier alpha value is -2.40. The van der Waals surface area contributed by atoms with Crippen molar-refractivity contribution in [3.63, 3.8) is 0 Å². The highest BCUT2D eigenvalue weighted by Gasteiger charge is 2.12. The van der Waals surface area contributed by atoms with Gasteiger partial charge < -0.3 is 10.6 Å². The van der Waals surface area contributed by atoms with E-state index in [1.54, 1.807) is 18.2 Å². The molecule has 0 saturated heterocycles. The van der Waals surface area contributed by atoms with Gasteiger partial charge in [-0.3, -0.25) is 9.59 Å². The van der Waals surface area contributed by atoms with Crippen LogP contribution in [0.3, 0.4) is 0 Å². The van der Waals surface area contributed by atoms with Crippen LogP contribution in [-0.4, -0.2) is 17.9 Å². The molecule has 4 nitrogen and oxygen atoms in total. The van der Waals surface area contributed by atoms with Crippen molar-refractivity contribution in [1.82, 2.24) is 5.32 Å². The Balaban J connectivity index is 2.16. The summed E-state index contributed by atoms with van der Waals surface area (Å²) in [5.74, 6) is -1.22. The molecule has 2 rings (SSSR count). The highest BCUT2D eigenvalue weighted by Crippen LogP contribution is 2.20. The van der Waals surface area contributed by atoms with Crippen LogP contribution >= 0.6 is 11.6 Å². The zero-order valence-corrected chi connectivity index (χ0v) is 13.4. The van der Waals surface area contributed by atoms with Gasteiger partial charge in [-0.1, -0.05) is 17.7 Å². The van der Waals surface area contributed by atoms with Crippen LogP contribution in [0.1, 0.15) is 34.6 Å². The standard InChI is InChI=1S/C17H16ClFN2O2/c1-10(2)20-16(22)11-4-3-5-12(8-11)17(23)21-13-6-7-15(19)14(18)9-13/h3-10H,1-2H3,(H,20,22)(H,21,23). The molecule has 0 bridgehead atoms. The molecule has 0 atom stereocenters. The Morgan fingerprint density at radius 3 is 2.30 bits per heavy atom. The molecule has 2 aromatic carbocycles. The number of amides is 2. The van der Waals surface area contributed by atoms with E-state index in [4.69, 9.17) is 11.6 Å². The van der Waals surface area contributed by atoms with Gasteiger partial charge in [0.1, 0.15) is 5.82 Å². The van der Waals surface area contributed by atoms with Crippen molar-refractivity contribution in [3.8, 4) is 0 Å². The molecular weight excluding hydrogens is 319 g/mol. The molecule has 23 heavy (non-hydrogen) atoms. The summed E-state index contributed by atoms with van der Waals surface area (Å²) < 4.78 is 13.1. The predicted octanol–water partition coefficient (Wildman–Crippen LogP) is 3.87. The van der Waals surface area contributed by atoms with Gasteiger partial charge >= 0.3 is 0 Å². The quantitative estimate of drug-likeness (QED) is 0.891. The third-order valence-electron chi connectivity index (χ3n) is 2.98.